The Morgan fingerprint density at radius 1 is 1.29 bits per heavy atom. The number of aromatic nitrogens is 3. The molecule has 1 saturated heterocycles. The Morgan fingerprint density at radius 2 is 2.08 bits per heavy atom. The van der Waals surface area contributed by atoms with E-state index in [1.165, 1.54) is 10.6 Å². The third-order valence-corrected chi connectivity index (χ3v) is 4.88. The summed E-state index contributed by atoms with van der Waals surface area (Å²) in [5, 5.41) is 7.33. The van der Waals surface area contributed by atoms with E-state index in [2.05, 4.69) is 10.2 Å². The molecule has 3 heterocycles. The monoisotopic (exact) mass is 328 g/mol. The average molecular weight is 328 g/mol. The Hall–Kier alpha value is -2.37. The van der Waals surface area contributed by atoms with E-state index in [1.54, 1.807) is 19.3 Å². The fraction of sp³-hybridized carbons (Fsp3) is 0.500. The Labute approximate surface area is 141 Å². The summed E-state index contributed by atoms with van der Waals surface area (Å²) in [6.45, 7) is 4.69. The number of pyridine rings is 1. The van der Waals surface area contributed by atoms with Gasteiger partial charge in [-0.25, -0.2) is 0 Å². The molecule has 0 spiro atoms. The molecule has 1 aliphatic heterocycles. The average Bonchev–Trinajstić information content (AvgIpc) is 2.77. The van der Waals surface area contributed by atoms with Crippen LogP contribution < -0.4 is 5.56 Å². The second kappa shape index (κ2) is 6.63. The number of hydrogen-bond acceptors (Lipinski definition) is 3. The van der Waals surface area contributed by atoms with Crippen molar-refractivity contribution in [3.63, 3.8) is 0 Å². The van der Waals surface area contributed by atoms with Crippen molar-refractivity contribution in [1.29, 1.82) is 0 Å². The zero-order chi connectivity index (χ0) is 17.3. The Bertz CT molecular complexity index is 786. The molecule has 0 saturated carbocycles. The zero-order valence-corrected chi connectivity index (χ0v) is 14.5. The molecule has 128 valence electrons. The lowest BCUT2D eigenvalue weighted by molar-refractivity contribution is 0.0679. The number of hydrogen-bond donors (Lipinski definition) is 1. The molecule has 0 unspecified atom stereocenters. The predicted molar refractivity (Wildman–Crippen MR) is 92.0 cm³/mol. The summed E-state index contributed by atoms with van der Waals surface area (Å²) in [4.78, 5) is 26.9. The minimum atomic E-state index is -0.164. The third kappa shape index (κ3) is 3.00. The van der Waals surface area contributed by atoms with E-state index in [0.717, 1.165) is 42.6 Å². The van der Waals surface area contributed by atoms with Crippen LogP contribution in [0.3, 0.4) is 0 Å². The molecule has 6 heteroatoms. The van der Waals surface area contributed by atoms with Crippen LogP contribution in [0.15, 0.2) is 23.1 Å². The van der Waals surface area contributed by atoms with Gasteiger partial charge in [-0.15, -0.1) is 0 Å². The van der Waals surface area contributed by atoms with Gasteiger partial charge >= 0.3 is 0 Å². The molecule has 1 atom stereocenters. The van der Waals surface area contributed by atoms with Gasteiger partial charge in [0.25, 0.3) is 11.5 Å². The molecule has 1 amide bonds. The minimum Gasteiger partial charge on any atom is -0.331 e. The van der Waals surface area contributed by atoms with Crippen LogP contribution in [0.2, 0.25) is 0 Å². The highest BCUT2D eigenvalue weighted by atomic mass is 16.2. The lowest BCUT2D eigenvalue weighted by Crippen LogP contribution is -2.36. The van der Waals surface area contributed by atoms with Crippen molar-refractivity contribution in [3.05, 3.63) is 51.2 Å². The number of H-pyrrole nitrogens is 1. The first-order chi connectivity index (χ1) is 11.5. The number of carbonyl (C=O) groups excluding carboxylic acids is 1. The zero-order valence-electron chi connectivity index (χ0n) is 14.5. The van der Waals surface area contributed by atoms with Gasteiger partial charge in [0.1, 0.15) is 0 Å². The first kappa shape index (κ1) is 16.5. The van der Waals surface area contributed by atoms with Gasteiger partial charge in [0.05, 0.1) is 11.7 Å². The first-order valence-corrected chi connectivity index (χ1v) is 8.48. The lowest BCUT2D eigenvalue weighted by atomic mass is 9.98. The van der Waals surface area contributed by atoms with Crippen LogP contribution in [-0.4, -0.2) is 32.1 Å². The maximum Gasteiger partial charge on any atom is 0.254 e. The molecule has 1 aliphatic rings. The second-order valence-electron chi connectivity index (χ2n) is 6.58. The summed E-state index contributed by atoms with van der Waals surface area (Å²) >= 11 is 0. The maximum absolute atomic E-state index is 13.1. The van der Waals surface area contributed by atoms with Gasteiger partial charge in [-0.1, -0.05) is 12.8 Å². The van der Waals surface area contributed by atoms with Crippen molar-refractivity contribution in [2.45, 2.75) is 45.6 Å². The number of aromatic amines is 1. The normalized spacial score (nSPS) is 18.5. The molecule has 1 fully saturated rings. The van der Waals surface area contributed by atoms with E-state index < -0.39 is 0 Å². The van der Waals surface area contributed by atoms with Crippen molar-refractivity contribution in [1.82, 2.24) is 19.7 Å². The largest absolute Gasteiger partial charge is 0.331 e. The maximum atomic E-state index is 13.1. The first-order valence-electron chi connectivity index (χ1n) is 8.48. The van der Waals surface area contributed by atoms with E-state index in [9.17, 15) is 9.59 Å². The standard InChI is InChI=1S/C18H24N4O2/c1-12-17(13(2)20-19-12)15-7-5-4-6-9-22(15)18(24)14-8-10-21(3)16(23)11-14/h8,10-11,15H,4-7,9H2,1-3H3,(H,19,20)/t15-/m0/s1. The van der Waals surface area contributed by atoms with Crippen LogP contribution in [0, 0.1) is 13.8 Å². The van der Waals surface area contributed by atoms with Crippen LogP contribution in [-0.2, 0) is 7.05 Å². The van der Waals surface area contributed by atoms with Crippen LogP contribution in [0.25, 0.3) is 0 Å². The summed E-state index contributed by atoms with van der Waals surface area (Å²) < 4.78 is 1.47. The molecule has 2 aromatic rings. The topological polar surface area (TPSA) is 71.0 Å². The van der Waals surface area contributed by atoms with Crippen LogP contribution >= 0.6 is 0 Å². The molecule has 0 radical (unpaired) electrons. The SMILES string of the molecule is Cc1n[nH]c(C)c1[C@@H]1CCCCCN1C(=O)c1ccn(C)c(=O)c1. The van der Waals surface area contributed by atoms with Crippen molar-refractivity contribution in [3.8, 4) is 0 Å². The summed E-state index contributed by atoms with van der Waals surface area (Å²) in [6.07, 6.45) is 5.78. The fourth-order valence-electron chi connectivity index (χ4n) is 3.55. The van der Waals surface area contributed by atoms with Crippen LogP contribution in [0.1, 0.15) is 59.0 Å². The van der Waals surface area contributed by atoms with Crippen LogP contribution in [0.5, 0.6) is 0 Å². The minimum absolute atomic E-state index is 0.0165. The van der Waals surface area contributed by atoms with Crippen molar-refractivity contribution in [2.75, 3.05) is 6.54 Å². The van der Waals surface area contributed by atoms with Gasteiger partial charge in [-0.05, 0) is 32.8 Å². The second-order valence-corrected chi connectivity index (χ2v) is 6.58. The van der Waals surface area contributed by atoms with Gasteiger partial charge in [-0.3, -0.25) is 14.7 Å². The fourth-order valence-corrected chi connectivity index (χ4v) is 3.55. The van der Waals surface area contributed by atoms with Gasteiger partial charge in [0.2, 0.25) is 0 Å². The summed E-state index contributed by atoms with van der Waals surface area (Å²) in [6, 6.07) is 3.17. The molecular weight excluding hydrogens is 304 g/mol. The van der Waals surface area contributed by atoms with Gasteiger partial charge < -0.3 is 9.47 Å². The van der Waals surface area contributed by atoms with Gasteiger partial charge in [-0.2, -0.15) is 5.10 Å². The Morgan fingerprint density at radius 3 is 2.75 bits per heavy atom. The number of amides is 1. The van der Waals surface area contributed by atoms with Gasteiger partial charge in [0, 0.05) is 42.7 Å². The third-order valence-electron chi connectivity index (χ3n) is 4.88. The summed E-state index contributed by atoms with van der Waals surface area (Å²) in [5.74, 6) is -0.0698. The molecule has 2 aromatic heterocycles. The Balaban J connectivity index is 1.99. The highest BCUT2D eigenvalue weighted by molar-refractivity contribution is 5.94. The molecular formula is C18H24N4O2. The molecule has 3 rings (SSSR count). The van der Waals surface area contributed by atoms with Crippen LogP contribution in [0.4, 0.5) is 0 Å². The molecule has 0 aliphatic carbocycles. The summed E-state index contributed by atoms with van der Waals surface area (Å²) in [5.41, 5.74) is 3.38. The van der Waals surface area contributed by atoms with Crippen molar-refractivity contribution in [2.24, 2.45) is 7.05 Å². The molecule has 0 aromatic carbocycles. The van der Waals surface area contributed by atoms with E-state index in [1.807, 2.05) is 18.7 Å². The summed E-state index contributed by atoms with van der Waals surface area (Å²) in [7, 11) is 1.68. The van der Waals surface area contributed by atoms with Crippen molar-refractivity contribution < 1.29 is 4.79 Å². The number of carbonyl (C=O) groups is 1. The predicted octanol–water partition coefficient (Wildman–Crippen LogP) is 2.48. The molecule has 24 heavy (non-hydrogen) atoms. The molecule has 1 N–H and O–H groups in total. The van der Waals surface area contributed by atoms with E-state index in [4.69, 9.17) is 0 Å². The van der Waals surface area contributed by atoms with Gasteiger partial charge in [0.15, 0.2) is 0 Å². The number of rotatable bonds is 2. The van der Waals surface area contributed by atoms with E-state index in [-0.39, 0.29) is 17.5 Å². The number of aryl methyl sites for hydroxylation is 3. The van der Waals surface area contributed by atoms with Crippen molar-refractivity contribution >= 4 is 5.91 Å². The van der Waals surface area contributed by atoms with E-state index >= 15 is 0 Å². The highest BCUT2D eigenvalue weighted by Gasteiger charge is 2.30. The smallest absolute Gasteiger partial charge is 0.254 e. The highest BCUT2D eigenvalue weighted by Crippen LogP contribution is 2.34. The van der Waals surface area contributed by atoms with E-state index in [0.29, 0.717) is 12.1 Å². The number of nitrogens with zero attached hydrogens (tertiary/aromatic N) is 3. The number of nitrogens with one attached hydrogen (secondary N) is 1. The molecule has 0 bridgehead atoms. The Kier molecular flexibility index (Phi) is 4.55. The quantitative estimate of drug-likeness (QED) is 0.920. The number of likely N-dealkylation sites (tertiary alicyclic amines) is 1. The lowest BCUT2D eigenvalue weighted by Gasteiger charge is -2.30. The molecule has 6 nitrogen and oxygen atoms in total.